The van der Waals surface area contributed by atoms with Crippen LogP contribution in [0.5, 0.6) is 0 Å². The second-order valence-corrected chi connectivity index (χ2v) is 5.43. The van der Waals surface area contributed by atoms with Crippen molar-refractivity contribution in [2.75, 3.05) is 13.2 Å². The van der Waals surface area contributed by atoms with Crippen LogP contribution in [0.25, 0.3) is 11.0 Å². The van der Waals surface area contributed by atoms with E-state index < -0.39 is 0 Å². The molecule has 0 amide bonds. The second kappa shape index (κ2) is 4.99. The number of aromatic nitrogens is 2. The van der Waals surface area contributed by atoms with Crippen LogP contribution in [0.1, 0.15) is 12.2 Å². The molecule has 0 spiro atoms. The van der Waals surface area contributed by atoms with Crippen molar-refractivity contribution in [3.05, 3.63) is 28.5 Å². The fourth-order valence-corrected chi connectivity index (χ4v) is 2.53. The highest BCUT2D eigenvalue weighted by Crippen LogP contribution is 2.21. The molecule has 1 aromatic carbocycles. The van der Waals surface area contributed by atoms with E-state index in [0.29, 0.717) is 13.2 Å². The number of ether oxygens (including phenoxy) is 2. The van der Waals surface area contributed by atoms with Gasteiger partial charge >= 0.3 is 0 Å². The summed E-state index contributed by atoms with van der Waals surface area (Å²) in [7, 11) is 2.02. The minimum absolute atomic E-state index is 0.219. The molecule has 4 nitrogen and oxygen atoms in total. The fourth-order valence-electron chi connectivity index (χ4n) is 2.18. The van der Waals surface area contributed by atoms with E-state index in [-0.39, 0.29) is 6.10 Å². The number of fused-ring (bicyclic) bond motifs is 1. The molecule has 1 aromatic heterocycles. The van der Waals surface area contributed by atoms with Crippen molar-refractivity contribution in [2.24, 2.45) is 7.05 Å². The molecule has 1 aliphatic heterocycles. The maximum absolute atomic E-state index is 5.81. The van der Waals surface area contributed by atoms with Gasteiger partial charge in [0, 0.05) is 18.1 Å². The van der Waals surface area contributed by atoms with Crippen molar-refractivity contribution < 1.29 is 9.47 Å². The molecule has 0 saturated carbocycles. The number of hydrogen-bond acceptors (Lipinski definition) is 3. The van der Waals surface area contributed by atoms with Crippen molar-refractivity contribution in [2.45, 2.75) is 19.1 Å². The molecule has 1 aliphatic rings. The van der Waals surface area contributed by atoms with Gasteiger partial charge in [0.05, 0.1) is 23.7 Å². The van der Waals surface area contributed by atoms with Crippen molar-refractivity contribution in [3.8, 4) is 0 Å². The zero-order valence-corrected chi connectivity index (χ0v) is 11.8. The number of hydrogen-bond donors (Lipinski definition) is 0. The van der Waals surface area contributed by atoms with E-state index in [1.807, 2.05) is 19.2 Å². The fraction of sp³-hybridized carbons (Fsp3) is 0.462. The summed E-state index contributed by atoms with van der Waals surface area (Å²) < 4.78 is 14.2. The van der Waals surface area contributed by atoms with E-state index in [1.54, 1.807) is 0 Å². The van der Waals surface area contributed by atoms with E-state index in [2.05, 4.69) is 31.5 Å². The van der Waals surface area contributed by atoms with E-state index in [0.717, 1.165) is 34.4 Å². The quantitative estimate of drug-likeness (QED) is 0.874. The molecular weight excluding hydrogens is 296 g/mol. The maximum atomic E-state index is 5.81. The SMILES string of the molecule is Cn1c(COC2CCOC2)nc2ccc(Br)cc21. The summed E-state index contributed by atoms with van der Waals surface area (Å²) in [5.41, 5.74) is 2.12. The summed E-state index contributed by atoms with van der Waals surface area (Å²) >= 11 is 3.48. The number of nitrogens with zero attached hydrogens (tertiary/aromatic N) is 2. The Morgan fingerprint density at radius 1 is 1.56 bits per heavy atom. The van der Waals surface area contributed by atoms with Gasteiger partial charge in [0.15, 0.2) is 0 Å². The smallest absolute Gasteiger partial charge is 0.135 e. The number of benzene rings is 1. The minimum Gasteiger partial charge on any atom is -0.379 e. The van der Waals surface area contributed by atoms with Crippen LogP contribution >= 0.6 is 15.9 Å². The lowest BCUT2D eigenvalue weighted by atomic mass is 10.3. The zero-order valence-electron chi connectivity index (χ0n) is 10.2. The lowest BCUT2D eigenvalue weighted by Crippen LogP contribution is -2.13. The first-order valence-electron chi connectivity index (χ1n) is 6.04. The van der Waals surface area contributed by atoms with Crippen LogP contribution in [0.3, 0.4) is 0 Å². The number of aryl methyl sites for hydroxylation is 1. The van der Waals surface area contributed by atoms with Crippen molar-refractivity contribution in [3.63, 3.8) is 0 Å². The average Bonchev–Trinajstić information content (AvgIpc) is 2.97. The number of imidazole rings is 1. The maximum Gasteiger partial charge on any atom is 0.135 e. The highest BCUT2D eigenvalue weighted by molar-refractivity contribution is 9.10. The monoisotopic (exact) mass is 310 g/mol. The first kappa shape index (κ1) is 12.1. The Morgan fingerprint density at radius 3 is 3.22 bits per heavy atom. The molecule has 1 fully saturated rings. The van der Waals surface area contributed by atoms with Gasteiger partial charge in [-0.25, -0.2) is 4.98 Å². The summed E-state index contributed by atoms with van der Waals surface area (Å²) in [5, 5.41) is 0. The third-order valence-corrected chi connectivity index (χ3v) is 3.76. The Labute approximate surface area is 114 Å². The second-order valence-electron chi connectivity index (χ2n) is 4.52. The summed E-state index contributed by atoms with van der Waals surface area (Å²) in [6.45, 7) is 2.05. The van der Waals surface area contributed by atoms with Crippen molar-refractivity contribution in [1.29, 1.82) is 0 Å². The first-order valence-corrected chi connectivity index (χ1v) is 6.83. The molecule has 1 unspecified atom stereocenters. The minimum atomic E-state index is 0.219. The Hall–Kier alpha value is -0.910. The van der Waals surface area contributed by atoms with Gasteiger partial charge in [-0.05, 0) is 24.6 Å². The van der Waals surface area contributed by atoms with Crippen LogP contribution in [0, 0.1) is 0 Å². The largest absolute Gasteiger partial charge is 0.379 e. The summed E-state index contributed by atoms with van der Waals surface area (Å²) in [6.07, 6.45) is 1.20. The number of rotatable bonds is 3. The molecule has 0 aliphatic carbocycles. The molecular formula is C13H15BrN2O2. The molecule has 2 aromatic rings. The Kier molecular flexibility index (Phi) is 3.37. The predicted octanol–water partition coefficient (Wildman–Crippen LogP) is 2.64. The molecule has 1 atom stereocenters. The van der Waals surface area contributed by atoms with Gasteiger partial charge in [0.1, 0.15) is 12.4 Å². The third kappa shape index (κ3) is 2.30. The molecule has 0 N–H and O–H groups in total. The molecule has 0 bridgehead atoms. The highest BCUT2D eigenvalue weighted by Gasteiger charge is 2.17. The molecule has 1 saturated heterocycles. The molecule has 3 rings (SSSR count). The van der Waals surface area contributed by atoms with Crippen LogP contribution in [-0.4, -0.2) is 28.9 Å². The molecule has 0 radical (unpaired) electrons. The summed E-state index contributed by atoms with van der Waals surface area (Å²) in [6, 6.07) is 6.09. The summed E-state index contributed by atoms with van der Waals surface area (Å²) in [5.74, 6) is 0.954. The van der Waals surface area contributed by atoms with Gasteiger partial charge in [-0.1, -0.05) is 15.9 Å². The van der Waals surface area contributed by atoms with Gasteiger partial charge in [0.2, 0.25) is 0 Å². The Bertz CT molecular complexity index is 561. The van der Waals surface area contributed by atoms with Crippen LogP contribution in [-0.2, 0) is 23.1 Å². The van der Waals surface area contributed by atoms with Crippen molar-refractivity contribution >= 4 is 27.0 Å². The van der Waals surface area contributed by atoms with Gasteiger partial charge in [0.25, 0.3) is 0 Å². The zero-order chi connectivity index (χ0) is 12.5. The molecule has 96 valence electrons. The van der Waals surface area contributed by atoms with E-state index in [4.69, 9.17) is 9.47 Å². The van der Waals surface area contributed by atoms with Gasteiger partial charge in [-0.3, -0.25) is 0 Å². The lowest BCUT2D eigenvalue weighted by molar-refractivity contribution is 0.0276. The van der Waals surface area contributed by atoms with E-state index in [1.165, 1.54) is 0 Å². The van der Waals surface area contributed by atoms with Gasteiger partial charge < -0.3 is 14.0 Å². The summed E-state index contributed by atoms with van der Waals surface area (Å²) in [4.78, 5) is 4.59. The predicted molar refractivity (Wildman–Crippen MR) is 72.4 cm³/mol. The van der Waals surface area contributed by atoms with Crippen LogP contribution in [0.4, 0.5) is 0 Å². The Morgan fingerprint density at radius 2 is 2.44 bits per heavy atom. The Balaban J connectivity index is 1.81. The topological polar surface area (TPSA) is 36.3 Å². The van der Waals surface area contributed by atoms with Crippen LogP contribution < -0.4 is 0 Å². The highest BCUT2D eigenvalue weighted by atomic mass is 79.9. The third-order valence-electron chi connectivity index (χ3n) is 3.27. The van der Waals surface area contributed by atoms with E-state index >= 15 is 0 Å². The molecule has 18 heavy (non-hydrogen) atoms. The normalized spacial score (nSPS) is 19.8. The van der Waals surface area contributed by atoms with Crippen LogP contribution in [0.2, 0.25) is 0 Å². The van der Waals surface area contributed by atoms with Crippen molar-refractivity contribution in [1.82, 2.24) is 9.55 Å². The van der Waals surface area contributed by atoms with Gasteiger partial charge in [-0.2, -0.15) is 0 Å². The standard InChI is InChI=1S/C13H15BrN2O2/c1-16-12-6-9(14)2-3-11(12)15-13(16)8-18-10-4-5-17-7-10/h2-3,6,10H,4-5,7-8H2,1H3. The molecule has 2 heterocycles. The van der Waals surface area contributed by atoms with Gasteiger partial charge in [-0.15, -0.1) is 0 Å². The average molecular weight is 311 g/mol. The molecule has 5 heteroatoms. The first-order chi connectivity index (χ1) is 8.74. The van der Waals surface area contributed by atoms with E-state index in [9.17, 15) is 0 Å². The van der Waals surface area contributed by atoms with Crippen LogP contribution in [0.15, 0.2) is 22.7 Å². The lowest BCUT2D eigenvalue weighted by Gasteiger charge is -2.09. The number of halogens is 1.